The van der Waals surface area contributed by atoms with Crippen LogP contribution in [0.4, 0.5) is 0 Å². The highest BCUT2D eigenvalue weighted by Crippen LogP contribution is 2.17. The first-order valence-electron chi connectivity index (χ1n) is 5.34. The topological polar surface area (TPSA) is 69.6 Å². The van der Waals surface area contributed by atoms with E-state index in [4.69, 9.17) is 5.11 Å². The van der Waals surface area contributed by atoms with Gasteiger partial charge in [0, 0.05) is 19.6 Å². The molecule has 0 aliphatic carbocycles. The summed E-state index contributed by atoms with van der Waals surface area (Å²) in [5, 5.41) is 9.01. The molecule has 1 rings (SSSR count). The summed E-state index contributed by atoms with van der Waals surface area (Å²) in [4.78, 5) is 0. The maximum Gasteiger partial charge on any atom is 0.279 e. The minimum absolute atomic E-state index is 0.0778. The van der Waals surface area contributed by atoms with Gasteiger partial charge in [0.2, 0.25) is 0 Å². The normalized spacial score (nSPS) is 22.9. The lowest BCUT2D eigenvalue weighted by Crippen LogP contribution is -2.46. The van der Waals surface area contributed by atoms with Gasteiger partial charge in [-0.25, -0.2) is 0 Å². The maximum absolute atomic E-state index is 11.7. The van der Waals surface area contributed by atoms with E-state index >= 15 is 0 Å². The lowest BCUT2D eigenvalue weighted by molar-refractivity contribution is 0.196. The molecule has 1 fully saturated rings. The lowest BCUT2D eigenvalue weighted by atomic mass is 10.0. The van der Waals surface area contributed by atoms with Gasteiger partial charge in [-0.15, -0.1) is 0 Å². The minimum atomic E-state index is -3.38. The van der Waals surface area contributed by atoms with Gasteiger partial charge in [0.05, 0.1) is 6.10 Å². The molecule has 0 radical (unpaired) electrons. The lowest BCUT2D eigenvalue weighted by Gasteiger charge is -2.29. The average Bonchev–Trinajstić information content (AvgIpc) is 2.16. The highest BCUT2D eigenvalue weighted by molar-refractivity contribution is 7.87. The van der Waals surface area contributed by atoms with Crippen LogP contribution < -0.4 is 4.72 Å². The van der Waals surface area contributed by atoms with Crippen molar-refractivity contribution in [1.82, 2.24) is 9.03 Å². The van der Waals surface area contributed by atoms with Crippen molar-refractivity contribution in [3.8, 4) is 0 Å². The molecule has 1 atom stereocenters. The van der Waals surface area contributed by atoms with Gasteiger partial charge in [-0.1, -0.05) is 6.92 Å². The Labute approximate surface area is 91.7 Å². The number of aliphatic hydroxyl groups excluding tert-OH is 1. The minimum Gasteiger partial charge on any atom is -0.392 e. The number of nitrogens with zero attached hydrogens (tertiary/aromatic N) is 1. The Balaban J connectivity index is 2.47. The van der Waals surface area contributed by atoms with Gasteiger partial charge in [-0.3, -0.25) is 0 Å². The quantitative estimate of drug-likeness (QED) is 0.718. The fourth-order valence-electron chi connectivity index (χ4n) is 1.54. The van der Waals surface area contributed by atoms with E-state index in [2.05, 4.69) is 11.6 Å². The summed E-state index contributed by atoms with van der Waals surface area (Å²) in [6.45, 7) is 4.93. The molecule has 15 heavy (non-hydrogen) atoms. The van der Waals surface area contributed by atoms with E-state index in [9.17, 15) is 8.42 Å². The Morgan fingerprint density at radius 2 is 2.00 bits per heavy atom. The standard InChI is InChI=1S/C9H20N2O3S/c1-8-3-5-11(6-4-8)15(13,14)10-7-9(2)12/h8-10,12H,3-7H2,1-2H3/t9-/m0/s1. The van der Waals surface area contributed by atoms with E-state index in [1.54, 1.807) is 6.92 Å². The van der Waals surface area contributed by atoms with Gasteiger partial charge >= 0.3 is 0 Å². The third-order valence-electron chi connectivity index (χ3n) is 2.64. The second kappa shape index (κ2) is 5.25. The van der Waals surface area contributed by atoms with Crippen molar-refractivity contribution in [3.63, 3.8) is 0 Å². The second-order valence-corrected chi connectivity index (χ2v) is 6.04. The van der Waals surface area contributed by atoms with Crippen molar-refractivity contribution in [2.24, 2.45) is 5.92 Å². The highest BCUT2D eigenvalue weighted by Gasteiger charge is 2.25. The van der Waals surface area contributed by atoms with Crippen LogP contribution in [0.1, 0.15) is 26.7 Å². The van der Waals surface area contributed by atoms with Gasteiger partial charge in [-0.2, -0.15) is 17.4 Å². The van der Waals surface area contributed by atoms with Crippen LogP contribution in [0.2, 0.25) is 0 Å². The van der Waals surface area contributed by atoms with Crippen molar-refractivity contribution in [1.29, 1.82) is 0 Å². The fraction of sp³-hybridized carbons (Fsp3) is 1.00. The summed E-state index contributed by atoms with van der Waals surface area (Å²) < 4.78 is 27.2. The highest BCUT2D eigenvalue weighted by atomic mass is 32.2. The summed E-state index contributed by atoms with van der Waals surface area (Å²) in [7, 11) is -3.38. The first kappa shape index (κ1) is 12.9. The first-order valence-corrected chi connectivity index (χ1v) is 6.78. The number of piperidine rings is 1. The Hall–Kier alpha value is -0.170. The fourth-order valence-corrected chi connectivity index (χ4v) is 2.87. The van der Waals surface area contributed by atoms with Crippen molar-refractivity contribution in [2.45, 2.75) is 32.8 Å². The molecule has 0 unspecified atom stereocenters. The molecular formula is C9H20N2O3S. The van der Waals surface area contributed by atoms with E-state index < -0.39 is 16.3 Å². The maximum atomic E-state index is 11.7. The molecule has 0 aromatic rings. The van der Waals surface area contributed by atoms with Gasteiger partial charge in [0.1, 0.15) is 0 Å². The van der Waals surface area contributed by atoms with Crippen LogP contribution in [0.5, 0.6) is 0 Å². The van der Waals surface area contributed by atoms with Crippen LogP contribution in [-0.2, 0) is 10.2 Å². The molecule has 1 aliphatic heterocycles. The van der Waals surface area contributed by atoms with E-state index in [0.717, 1.165) is 12.8 Å². The van der Waals surface area contributed by atoms with Gasteiger partial charge in [-0.05, 0) is 25.7 Å². The smallest absolute Gasteiger partial charge is 0.279 e. The Morgan fingerprint density at radius 1 is 1.47 bits per heavy atom. The molecule has 0 spiro atoms. The molecule has 1 saturated heterocycles. The Kier molecular flexibility index (Phi) is 4.51. The summed E-state index contributed by atoms with van der Waals surface area (Å²) in [5.41, 5.74) is 0. The average molecular weight is 236 g/mol. The Morgan fingerprint density at radius 3 is 2.47 bits per heavy atom. The summed E-state index contributed by atoms with van der Waals surface area (Å²) in [6, 6.07) is 0. The zero-order valence-corrected chi connectivity index (χ0v) is 10.1. The summed E-state index contributed by atoms with van der Waals surface area (Å²) >= 11 is 0. The van der Waals surface area contributed by atoms with Crippen LogP contribution in [0.15, 0.2) is 0 Å². The molecule has 1 aliphatic rings. The molecule has 0 aromatic carbocycles. The number of rotatable bonds is 4. The number of hydrogen-bond acceptors (Lipinski definition) is 3. The number of aliphatic hydroxyl groups is 1. The molecule has 5 nitrogen and oxygen atoms in total. The van der Waals surface area contributed by atoms with Crippen LogP contribution in [-0.4, -0.2) is 43.6 Å². The zero-order valence-electron chi connectivity index (χ0n) is 9.31. The molecule has 0 amide bonds. The second-order valence-electron chi connectivity index (χ2n) is 4.28. The molecule has 0 saturated carbocycles. The monoisotopic (exact) mass is 236 g/mol. The summed E-state index contributed by atoms with van der Waals surface area (Å²) in [5.74, 6) is 0.605. The third-order valence-corrected chi connectivity index (χ3v) is 4.22. The van der Waals surface area contributed by atoms with Crippen LogP contribution >= 0.6 is 0 Å². The third kappa shape index (κ3) is 4.06. The number of hydrogen-bond donors (Lipinski definition) is 2. The predicted octanol–water partition coefficient (Wildman–Crippen LogP) is -0.0665. The van der Waals surface area contributed by atoms with Gasteiger partial charge in [0.15, 0.2) is 0 Å². The van der Waals surface area contributed by atoms with Crippen molar-refractivity contribution in [2.75, 3.05) is 19.6 Å². The summed E-state index contributed by atoms with van der Waals surface area (Å²) in [6.07, 6.45) is 1.18. The van der Waals surface area contributed by atoms with E-state index in [1.807, 2.05) is 0 Å². The SMILES string of the molecule is CC1CCN(S(=O)(=O)NC[C@H](C)O)CC1. The largest absolute Gasteiger partial charge is 0.392 e. The van der Waals surface area contributed by atoms with E-state index in [1.165, 1.54) is 4.31 Å². The number of nitrogens with one attached hydrogen (secondary N) is 1. The van der Waals surface area contributed by atoms with Crippen LogP contribution in [0, 0.1) is 5.92 Å². The molecule has 0 bridgehead atoms. The Bertz CT molecular complexity index is 282. The molecule has 0 aromatic heterocycles. The van der Waals surface area contributed by atoms with Crippen molar-refractivity contribution < 1.29 is 13.5 Å². The molecule has 6 heteroatoms. The first-order chi connectivity index (χ1) is 6.92. The molecular weight excluding hydrogens is 216 g/mol. The van der Waals surface area contributed by atoms with Crippen molar-refractivity contribution >= 4 is 10.2 Å². The van der Waals surface area contributed by atoms with Crippen molar-refractivity contribution in [3.05, 3.63) is 0 Å². The van der Waals surface area contributed by atoms with Gasteiger partial charge in [0.25, 0.3) is 10.2 Å². The van der Waals surface area contributed by atoms with E-state index in [-0.39, 0.29) is 6.54 Å². The molecule has 1 heterocycles. The van der Waals surface area contributed by atoms with E-state index in [0.29, 0.717) is 19.0 Å². The van der Waals surface area contributed by atoms with Crippen LogP contribution in [0.3, 0.4) is 0 Å². The van der Waals surface area contributed by atoms with Crippen LogP contribution in [0.25, 0.3) is 0 Å². The molecule has 2 N–H and O–H groups in total. The van der Waals surface area contributed by atoms with Gasteiger partial charge < -0.3 is 5.11 Å². The molecule has 90 valence electrons. The zero-order chi connectivity index (χ0) is 11.5. The predicted molar refractivity (Wildman–Crippen MR) is 58.6 cm³/mol.